The number of carbonyl (C=O) groups excluding carboxylic acids is 2. The molecule has 36 heavy (non-hydrogen) atoms. The lowest BCUT2D eigenvalue weighted by Crippen LogP contribution is -2.34. The second kappa shape index (κ2) is 15.7. The molecule has 2 aromatic rings. The van der Waals surface area contributed by atoms with Gasteiger partial charge in [0.25, 0.3) is 0 Å². The van der Waals surface area contributed by atoms with Crippen molar-refractivity contribution in [2.24, 2.45) is 0 Å². The highest BCUT2D eigenvalue weighted by molar-refractivity contribution is 5.96. The molecule has 0 unspecified atom stereocenters. The largest absolute Gasteiger partial charge is 0.382 e. The van der Waals surface area contributed by atoms with E-state index in [9.17, 15) is 9.59 Å². The topological polar surface area (TPSA) is 86.3 Å². The van der Waals surface area contributed by atoms with Crippen molar-refractivity contribution in [1.82, 2.24) is 5.32 Å². The van der Waals surface area contributed by atoms with Gasteiger partial charge in [0.2, 0.25) is 11.8 Å². The van der Waals surface area contributed by atoms with Gasteiger partial charge in [0.1, 0.15) is 0 Å². The standard InChI is InChI=1S/C28H34N2O6/c1-33-16-17-35-20-21-36-19-18-34-15-14-29-27(31)12-13-28(32)30-22-25-8-3-2-6-23(25)10-11-24-7-4-5-9-26(24)30/h2-9H,12-22H2,1H3,(H,29,31). The Labute approximate surface area is 212 Å². The van der Waals surface area contributed by atoms with Crippen molar-refractivity contribution in [2.45, 2.75) is 19.4 Å². The zero-order valence-corrected chi connectivity index (χ0v) is 20.8. The van der Waals surface area contributed by atoms with Gasteiger partial charge in [-0.25, -0.2) is 0 Å². The van der Waals surface area contributed by atoms with Crippen molar-refractivity contribution in [3.63, 3.8) is 0 Å². The van der Waals surface area contributed by atoms with Crippen LogP contribution >= 0.6 is 0 Å². The first kappa shape index (κ1) is 27.4. The summed E-state index contributed by atoms with van der Waals surface area (Å²) in [4.78, 5) is 27.2. The van der Waals surface area contributed by atoms with E-state index < -0.39 is 0 Å². The number of anilines is 1. The molecule has 0 bridgehead atoms. The molecular formula is C28H34N2O6. The molecule has 0 saturated heterocycles. The Morgan fingerprint density at radius 3 is 2.17 bits per heavy atom. The van der Waals surface area contributed by atoms with Crippen LogP contribution in [0.2, 0.25) is 0 Å². The molecule has 3 rings (SSSR count). The molecule has 2 amide bonds. The van der Waals surface area contributed by atoms with Crippen molar-refractivity contribution in [3.05, 3.63) is 65.2 Å². The molecule has 8 heteroatoms. The molecule has 8 nitrogen and oxygen atoms in total. The van der Waals surface area contributed by atoms with Crippen LogP contribution in [0.15, 0.2) is 48.5 Å². The smallest absolute Gasteiger partial charge is 0.227 e. The van der Waals surface area contributed by atoms with Crippen molar-refractivity contribution in [3.8, 4) is 11.8 Å². The fraction of sp³-hybridized carbons (Fsp3) is 0.429. The number of carbonyl (C=O) groups is 2. The normalized spacial score (nSPS) is 12.0. The van der Waals surface area contributed by atoms with E-state index in [4.69, 9.17) is 18.9 Å². The second-order valence-electron chi connectivity index (χ2n) is 8.08. The maximum atomic E-state index is 13.2. The number of nitrogens with one attached hydrogen (secondary N) is 1. The van der Waals surface area contributed by atoms with E-state index >= 15 is 0 Å². The predicted octanol–water partition coefficient (Wildman–Crippen LogP) is 2.53. The minimum atomic E-state index is -0.183. The van der Waals surface area contributed by atoms with Gasteiger partial charge in [0.15, 0.2) is 0 Å². The van der Waals surface area contributed by atoms with Gasteiger partial charge in [0, 0.05) is 37.6 Å². The van der Waals surface area contributed by atoms with Crippen LogP contribution in [-0.2, 0) is 35.1 Å². The van der Waals surface area contributed by atoms with Crippen molar-refractivity contribution in [1.29, 1.82) is 0 Å². The summed E-state index contributed by atoms with van der Waals surface area (Å²) < 4.78 is 21.0. The van der Waals surface area contributed by atoms with Gasteiger partial charge in [0.05, 0.1) is 58.5 Å². The van der Waals surface area contributed by atoms with E-state index in [2.05, 4.69) is 17.2 Å². The van der Waals surface area contributed by atoms with Gasteiger partial charge in [-0.1, -0.05) is 42.2 Å². The highest BCUT2D eigenvalue weighted by Gasteiger charge is 2.21. The van der Waals surface area contributed by atoms with Crippen LogP contribution in [0.3, 0.4) is 0 Å². The summed E-state index contributed by atoms with van der Waals surface area (Å²) in [5.74, 6) is 6.09. The fourth-order valence-electron chi connectivity index (χ4n) is 3.60. The molecule has 0 aliphatic carbocycles. The molecular weight excluding hydrogens is 460 g/mol. The lowest BCUT2D eigenvalue weighted by atomic mass is 10.0. The molecule has 2 aromatic carbocycles. The van der Waals surface area contributed by atoms with E-state index in [1.165, 1.54) is 0 Å². The summed E-state index contributed by atoms with van der Waals surface area (Å²) in [7, 11) is 1.63. The fourth-order valence-corrected chi connectivity index (χ4v) is 3.60. The Hall–Kier alpha value is -3.22. The SMILES string of the molecule is COCCOCCOCCOCCNC(=O)CCC(=O)N1Cc2ccccc2C#Cc2ccccc21. The van der Waals surface area contributed by atoms with Gasteiger partial charge in [-0.05, 0) is 23.8 Å². The van der Waals surface area contributed by atoms with Crippen molar-refractivity contribution in [2.75, 3.05) is 64.8 Å². The number of para-hydroxylation sites is 1. The quantitative estimate of drug-likeness (QED) is 0.303. The maximum absolute atomic E-state index is 13.2. The number of methoxy groups -OCH3 is 1. The molecule has 0 radical (unpaired) electrons. The third-order valence-corrected chi connectivity index (χ3v) is 5.48. The van der Waals surface area contributed by atoms with Gasteiger partial charge in [-0.3, -0.25) is 9.59 Å². The van der Waals surface area contributed by atoms with Gasteiger partial charge < -0.3 is 29.2 Å². The molecule has 1 aliphatic heterocycles. The van der Waals surface area contributed by atoms with E-state index in [1.54, 1.807) is 12.0 Å². The number of benzene rings is 2. The average molecular weight is 495 g/mol. The molecule has 0 fully saturated rings. The minimum Gasteiger partial charge on any atom is -0.382 e. The Kier molecular flexibility index (Phi) is 11.9. The summed E-state index contributed by atoms with van der Waals surface area (Å²) in [5, 5.41) is 2.80. The van der Waals surface area contributed by atoms with Crippen LogP contribution in [0.4, 0.5) is 5.69 Å². The number of hydrogen-bond donors (Lipinski definition) is 1. The first-order valence-electron chi connectivity index (χ1n) is 12.2. The summed E-state index contributed by atoms with van der Waals surface area (Å²) >= 11 is 0. The average Bonchev–Trinajstić information content (AvgIpc) is 2.89. The minimum absolute atomic E-state index is 0.108. The van der Waals surface area contributed by atoms with Gasteiger partial charge in [-0.2, -0.15) is 0 Å². The lowest BCUT2D eigenvalue weighted by Gasteiger charge is -2.26. The van der Waals surface area contributed by atoms with E-state index in [0.717, 1.165) is 22.4 Å². The number of fused-ring (bicyclic) bond motifs is 2. The molecule has 0 spiro atoms. The van der Waals surface area contributed by atoms with E-state index in [0.29, 0.717) is 59.3 Å². The Balaban J connectivity index is 1.36. The molecule has 0 saturated carbocycles. The molecule has 1 heterocycles. The van der Waals surface area contributed by atoms with Crippen LogP contribution < -0.4 is 10.2 Å². The van der Waals surface area contributed by atoms with Crippen LogP contribution in [0.5, 0.6) is 0 Å². The Bertz CT molecular complexity index is 1050. The number of amides is 2. The van der Waals surface area contributed by atoms with Crippen molar-refractivity contribution >= 4 is 17.5 Å². The summed E-state index contributed by atoms with van der Waals surface area (Å²) in [5.41, 5.74) is 3.45. The monoisotopic (exact) mass is 494 g/mol. The maximum Gasteiger partial charge on any atom is 0.227 e. The number of hydrogen-bond acceptors (Lipinski definition) is 6. The van der Waals surface area contributed by atoms with Crippen molar-refractivity contribution < 1.29 is 28.5 Å². The van der Waals surface area contributed by atoms with Gasteiger partial charge >= 0.3 is 0 Å². The molecule has 0 aromatic heterocycles. The first-order chi connectivity index (χ1) is 17.7. The molecule has 1 aliphatic rings. The third-order valence-electron chi connectivity index (χ3n) is 5.48. The molecule has 192 valence electrons. The van der Waals surface area contributed by atoms with E-state index in [1.807, 2.05) is 48.5 Å². The van der Waals surface area contributed by atoms with Crippen LogP contribution in [-0.4, -0.2) is 71.7 Å². The summed E-state index contributed by atoms with van der Waals surface area (Å²) in [6.45, 7) is 4.20. The number of nitrogens with zero attached hydrogens (tertiary/aromatic N) is 1. The Morgan fingerprint density at radius 2 is 1.42 bits per heavy atom. The highest BCUT2D eigenvalue weighted by atomic mass is 16.6. The number of rotatable bonds is 15. The lowest BCUT2D eigenvalue weighted by molar-refractivity contribution is -0.125. The Morgan fingerprint density at radius 1 is 0.806 bits per heavy atom. The highest BCUT2D eigenvalue weighted by Crippen LogP contribution is 2.26. The van der Waals surface area contributed by atoms with E-state index in [-0.39, 0.29) is 24.7 Å². The van der Waals surface area contributed by atoms with Crippen LogP contribution in [0.25, 0.3) is 0 Å². The van der Waals surface area contributed by atoms with Crippen LogP contribution in [0, 0.1) is 11.8 Å². The first-order valence-corrected chi connectivity index (χ1v) is 12.2. The number of ether oxygens (including phenoxy) is 4. The zero-order valence-electron chi connectivity index (χ0n) is 20.8. The predicted molar refractivity (Wildman–Crippen MR) is 137 cm³/mol. The molecule has 1 N–H and O–H groups in total. The summed E-state index contributed by atoms with van der Waals surface area (Å²) in [6, 6.07) is 15.4. The van der Waals surface area contributed by atoms with Crippen LogP contribution in [0.1, 0.15) is 29.5 Å². The molecule has 0 atom stereocenters. The third kappa shape index (κ3) is 9.10. The zero-order chi connectivity index (χ0) is 25.4. The summed E-state index contributed by atoms with van der Waals surface area (Å²) in [6.07, 6.45) is 0.216. The van der Waals surface area contributed by atoms with Gasteiger partial charge in [-0.15, -0.1) is 0 Å². The second-order valence-corrected chi connectivity index (χ2v) is 8.08.